The van der Waals surface area contributed by atoms with Gasteiger partial charge in [0.05, 0.1) is 6.20 Å². The fourth-order valence-corrected chi connectivity index (χ4v) is 4.01. The Bertz CT molecular complexity index is 507. The summed E-state index contributed by atoms with van der Waals surface area (Å²) in [4.78, 5) is 7.37. The molecule has 5 nitrogen and oxygen atoms in total. The average molecular weight is 317 g/mol. The second kappa shape index (κ2) is 7.84. The van der Waals surface area contributed by atoms with E-state index in [9.17, 15) is 0 Å². The third-order valence-corrected chi connectivity index (χ3v) is 5.18. The number of aryl methyl sites for hydroxylation is 2. The van der Waals surface area contributed by atoms with E-state index < -0.39 is 0 Å². The normalized spacial score (nSPS) is 24.8. The van der Waals surface area contributed by atoms with Gasteiger partial charge in [0.1, 0.15) is 0 Å². The van der Waals surface area contributed by atoms with Crippen molar-refractivity contribution in [2.24, 2.45) is 16.8 Å². The monoisotopic (exact) mass is 317 g/mol. The van der Waals surface area contributed by atoms with Crippen LogP contribution in [0.4, 0.5) is 0 Å². The lowest BCUT2D eigenvalue weighted by molar-refractivity contribution is 0.299. The average Bonchev–Trinajstić information content (AvgIpc) is 3.16. The number of rotatable bonds is 5. The highest BCUT2D eigenvalue weighted by atomic mass is 15.3. The van der Waals surface area contributed by atoms with Gasteiger partial charge in [-0.1, -0.05) is 12.8 Å². The lowest BCUT2D eigenvalue weighted by atomic mass is 9.82. The van der Waals surface area contributed by atoms with Crippen LogP contribution >= 0.6 is 0 Å². The Balaban J connectivity index is 1.51. The Kier molecular flexibility index (Phi) is 5.57. The van der Waals surface area contributed by atoms with E-state index in [1.807, 2.05) is 10.9 Å². The van der Waals surface area contributed by atoms with Crippen LogP contribution in [0.25, 0.3) is 0 Å². The molecule has 1 saturated carbocycles. The van der Waals surface area contributed by atoms with E-state index in [2.05, 4.69) is 35.4 Å². The van der Waals surface area contributed by atoms with Crippen molar-refractivity contribution in [2.45, 2.75) is 52.5 Å². The van der Waals surface area contributed by atoms with Crippen LogP contribution in [0.1, 0.15) is 44.6 Å². The van der Waals surface area contributed by atoms with Gasteiger partial charge in [0.15, 0.2) is 5.96 Å². The summed E-state index contributed by atoms with van der Waals surface area (Å²) < 4.78 is 2.02. The zero-order valence-electron chi connectivity index (χ0n) is 14.7. The summed E-state index contributed by atoms with van der Waals surface area (Å²) in [6.07, 6.45) is 10.7. The molecule has 23 heavy (non-hydrogen) atoms. The minimum Gasteiger partial charge on any atom is -0.357 e. The van der Waals surface area contributed by atoms with E-state index in [1.54, 1.807) is 0 Å². The molecule has 2 atom stereocenters. The summed E-state index contributed by atoms with van der Waals surface area (Å²) in [6, 6.07) is 0. The van der Waals surface area contributed by atoms with Gasteiger partial charge in [-0.25, -0.2) is 0 Å². The van der Waals surface area contributed by atoms with Crippen molar-refractivity contribution in [3.63, 3.8) is 0 Å². The summed E-state index contributed by atoms with van der Waals surface area (Å²) in [6.45, 7) is 9.41. The van der Waals surface area contributed by atoms with E-state index >= 15 is 0 Å². The molecule has 128 valence electrons. The summed E-state index contributed by atoms with van der Waals surface area (Å²) in [5, 5.41) is 7.83. The lowest BCUT2D eigenvalue weighted by Crippen LogP contribution is -2.40. The molecule has 5 heteroatoms. The molecule has 0 amide bonds. The van der Waals surface area contributed by atoms with Gasteiger partial charge in [-0.05, 0) is 50.5 Å². The number of nitrogens with zero attached hydrogens (tertiary/aromatic N) is 4. The number of guanidine groups is 1. The molecule has 1 aliphatic heterocycles. The molecule has 0 aromatic carbocycles. The van der Waals surface area contributed by atoms with Crippen molar-refractivity contribution in [3.05, 3.63) is 18.0 Å². The Labute approximate surface area is 140 Å². The van der Waals surface area contributed by atoms with Gasteiger partial charge in [0.2, 0.25) is 0 Å². The SMILES string of the molecule is CCNC(=NCCCn1cc(C)cn1)N1CC2CCCCC2C1. The van der Waals surface area contributed by atoms with Crippen molar-refractivity contribution >= 4 is 5.96 Å². The van der Waals surface area contributed by atoms with Crippen LogP contribution in [0.2, 0.25) is 0 Å². The Morgan fingerprint density at radius 1 is 1.30 bits per heavy atom. The van der Waals surface area contributed by atoms with Gasteiger partial charge in [-0.15, -0.1) is 0 Å². The number of aromatic nitrogens is 2. The summed E-state index contributed by atoms with van der Waals surface area (Å²) in [5.74, 6) is 2.93. The van der Waals surface area contributed by atoms with Crippen LogP contribution in [0.15, 0.2) is 17.4 Å². The van der Waals surface area contributed by atoms with Gasteiger partial charge in [-0.3, -0.25) is 9.67 Å². The second-order valence-electron chi connectivity index (χ2n) is 7.08. The molecule has 1 saturated heterocycles. The maximum absolute atomic E-state index is 4.87. The molecular weight excluding hydrogens is 286 g/mol. The first kappa shape index (κ1) is 16.3. The number of hydrogen-bond donors (Lipinski definition) is 1. The summed E-state index contributed by atoms with van der Waals surface area (Å²) >= 11 is 0. The first-order chi connectivity index (χ1) is 11.3. The van der Waals surface area contributed by atoms with Crippen LogP contribution in [0.3, 0.4) is 0 Å². The second-order valence-corrected chi connectivity index (χ2v) is 7.08. The maximum atomic E-state index is 4.87. The number of hydrogen-bond acceptors (Lipinski definition) is 2. The van der Waals surface area contributed by atoms with Crippen molar-refractivity contribution < 1.29 is 0 Å². The van der Waals surface area contributed by atoms with Crippen LogP contribution in [0.5, 0.6) is 0 Å². The molecule has 0 spiro atoms. The highest BCUT2D eigenvalue weighted by molar-refractivity contribution is 5.80. The number of aliphatic imine (C=N–C) groups is 1. The van der Waals surface area contributed by atoms with Gasteiger partial charge < -0.3 is 10.2 Å². The van der Waals surface area contributed by atoms with Gasteiger partial charge >= 0.3 is 0 Å². The predicted molar refractivity (Wildman–Crippen MR) is 94.6 cm³/mol. The van der Waals surface area contributed by atoms with Crippen LogP contribution < -0.4 is 5.32 Å². The van der Waals surface area contributed by atoms with Crippen LogP contribution in [0, 0.1) is 18.8 Å². The molecule has 3 rings (SSSR count). The molecule has 0 bridgehead atoms. The van der Waals surface area contributed by atoms with Crippen molar-refractivity contribution in [1.29, 1.82) is 0 Å². The molecule has 2 unspecified atom stereocenters. The molecule has 2 aliphatic rings. The van der Waals surface area contributed by atoms with Gasteiger partial charge in [-0.2, -0.15) is 5.10 Å². The zero-order chi connectivity index (χ0) is 16.1. The van der Waals surface area contributed by atoms with Crippen molar-refractivity contribution in [2.75, 3.05) is 26.2 Å². The smallest absolute Gasteiger partial charge is 0.193 e. The Hall–Kier alpha value is -1.52. The minimum atomic E-state index is 0.868. The molecule has 0 radical (unpaired) electrons. The van der Waals surface area contributed by atoms with Gasteiger partial charge in [0.25, 0.3) is 0 Å². The molecule has 1 aliphatic carbocycles. The first-order valence-electron chi connectivity index (χ1n) is 9.28. The molecule has 2 fully saturated rings. The number of fused-ring (bicyclic) bond motifs is 1. The predicted octanol–water partition coefficient (Wildman–Crippen LogP) is 2.67. The molecule has 1 N–H and O–H groups in total. The number of nitrogens with one attached hydrogen (secondary N) is 1. The fourth-order valence-electron chi connectivity index (χ4n) is 4.01. The molecule has 1 aromatic rings. The maximum Gasteiger partial charge on any atom is 0.193 e. The third-order valence-electron chi connectivity index (χ3n) is 5.18. The standard InChI is InChI=1S/C18H31N5/c1-3-19-18(20-9-6-10-23-12-15(2)11-21-23)22-13-16-7-4-5-8-17(16)14-22/h11-12,16-17H,3-10,13-14H2,1-2H3,(H,19,20). The highest BCUT2D eigenvalue weighted by Gasteiger charge is 2.35. The van der Waals surface area contributed by atoms with Crippen molar-refractivity contribution in [3.8, 4) is 0 Å². The Morgan fingerprint density at radius 2 is 2.04 bits per heavy atom. The Morgan fingerprint density at radius 3 is 2.65 bits per heavy atom. The molecule has 2 heterocycles. The molecule has 1 aromatic heterocycles. The van der Waals surface area contributed by atoms with Crippen molar-refractivity contribution in [1.82, 2.24) is 20.0 Å². The summed E-state index contributed by atoms with van der Waals surface area (Å²) in [5.41, 5.74) is 1.22. The van der Waals surface area contributed by atoms with Crippen LogP contribution in [-0.2, 0) is 6.54 Å². The largest absolute Gasteiger partial charge is 0.357 e. The van der Waals surface area contributed by atoms with E-state index in [0.717, 1.165) is 43.9 Å². The fraction of sp³-hybridized carbons (Fsp3) is 0.778. The van der Waals surface area contributed by atoms with E-state index in [-0.39, 0.29) is 0 Å². The van der Waals surface area contributed by atoms with E-state index in [1.165, 1.54) is 44.3 Å². The highest BCUT2D eigenvalue weighted by Crippen LogP contribution is 2.35. The van der Waals surface area contributed by atoms with E-state index in [0.29, 0.717) is 0 Å². The topological polar surface area (TPSA) is 45.5 Å². The lowest BCUT2D eigenvalue weighted by Gasteiger charge is -2.22. The van der Waals surface area contributed by atoms with E-state index in [4.69, 9.17) is 4.99 Å². The van der Waals surface area contributed by atoms with Crippen LogP contribution in [-0.4, -0.2) is 46.8 Å². The number of likely N-dealkylation sites (tertiary alicyclic amines) is 1. The first-order valence-corrected chi connectivity index (χ1v) is 9.28. The zero-order valence-corrected chi connectivity index (χ0v) is 14.7. The third kappa shape index (κ3) is 4.27. The molecular formula is C18H31N5. The summed E-state index contributed by atoms with van der Waals surface area (Å²) in [7, 11) is 0. The quantitative estimate of drug-likeness (QED) is 0.516. The minimum absolute atomic E-state index is 0.868. The van der Waals surface area contributed by atoms with Gasteiger partial charge in [0, 0.05) is 38.9 Å².